The highest BCUT2D eigenvalue weighted by Gasteiger charge is 2.17. The number of fused-ring (bicyclic) bond motifs is 6. The zero-order valence-electron chi connectivity index (χ0n) is 26.9. The summed E-state index contributed by atoms with van der Waals surface area (Å²) in [6.07, 6.45) is 0. The summed E-state index contributed by atoms with van der Waals surface area (Å²) in [5, 5.41) is 4.66. The molecule has 0 bridgehead atoms. The van der Waals surface area contributed by atoms with Crippen LogP contribution in [0.3, 0.4) is 0 Å². The van der Waals surface area contributed by atoms with Crippen molar-refractivity contribution in [2.45, 2.75) is 0 Å². The van der Waals surface area contributed by atoms with E-state index in [2.05, 4.69) is 102 Å². The first-order chi connectivity index (χ1) is 24.8. The maximum absolute atomic E-state index is 6.43. The highest BCUT2D eigenvalue weighted by atomic mass is 16.3. The number of nitrogens with zero attached hydrogens (tertiary/aromatic N) is 4. The summed E-state index contributed by atoms with van der Waals surface area (Å²) in [6.45, 7) is 0. The Labute approximate surface area is 287 Å². The van der Waals surface area contributed by atoms with Gasteiger partial charge in [0.1, 0.15) is 11.2 Å². The number of rotatable bonds is 5. The molecule has 0 saturated carbocycles. The molecule has 0 amide bonds. The number of furan rings is 1. The third-order valence-electron chi connectivity index (χ3n) is 9.47. The molecule has 0 aliphatic heterocycles. The molecule has 0 N–H and O–H groups in total. The van der Waals surface area contributed by atoms with Gasteiger partial charge in [-0.2, -0.15) is 0 Å². The summed E-state index contributed by atoms with van der Waals surface area (Å²) < 4.78 is 8.77. The molecule has 0 aliphatic rings. The molecule has 10 rings (SSSR count). The van der Waals surface area contributed by atoms with Gasteiger partial charge in [0.2, 0.25) is 0 Å². The second-order valence-electron chi connectivity index (χ2n) is 12.5. The predicted molar refractivity (Wildman–Crippen MR) is 203 cm³/mol. The van der Waals surface area contributed by atoms with Crippen LogP contribution in [0.4, 0.5) is 0 Å². The Balaban J connectivity index is 1.12. The molecule has 0 radical (unpaired) electrons. The van der Waals surface area contributed by atoms with Gasteiger partial charge in [-0.3, -0.25) is 0 Å². The van der Waals surface area contributed by atoms with Gasteiger partial charge in [0, 0.05) is 49.5 Å². The molecule has 0 atom stereocenters. The first-order valence-electron chi connectivity index (χ1n) is 16.7. The SMILES string of the molecule is c1ccc(-c2nc(-c3ccccc3)nc(-c3ccc(-n4c5ccccc5c5ccc(-c6cccc7c6oc6ccccc67)cc54)cc3)n2)cc1. The average molecular weight is 641 g/mol. The summed E-state index contributed by atoms with van der Waals surface area (Å²) in [5.74, 6) is 1.92. The van der Waals surface area contributed by atoms with Crippen molar-refractivity contribution < 1.29 is 4.42 Å². The quantitative estimate of drug-likeness (QED) is 0.188. The van der Waals surface area contributed by atoms with Crippen molar-refractivity contribution in [1.82, 2.24) is 19.5 Å². The fraction of sp³-hybridized carbons (Fsp3) is 0. The average Bonchev–Trinajstić information content (AvgIpc) is 3.74. The fourth-order valence-electron chi connectivity index (χ4n) is 7.09. The molecule has 7 aromatic carbocycles. The van der Waals surface area contributed by atoms with E-state index in [4.69, 9.17) is 19.4 Å². The summed E-state index contributed by atoms with van der Waals surface area (Å²) >= 11 is 0. The lowest BCUT2D eigenvalue weighted by Gasteiger charge is -2.11. The van der Waals surface area contributed by atoms with E-state index >= 15 is 0 Å². The van der Waals surface area contributed by atoms with Crippen LogP contribution in [0.15, 0.2) is 174 Å². The van der Waals surface area contributed by atoms with Gasteiger partial charge in [-0.05, 0) is 48.0 Å². The molecule has 3 aromatic heterocycles. The zero-order chi connectivity index (χ0) is 33.0. The Morgan fingerprint density at radius 3 is 1.62 bits per heavy atom. The van der Waals surface area contributed by atoms with E-state index in [0.717, 1.165) is 66.5 Å². The van der Waals surface area contributed by atoms with Gasteiger partial charge in [-0.15, -0.1) is 0 Å². The predicted octanol–water partition coefficient (Wildman–Crippen LogP) is 11.5. The van der Waals surface area contributed by atoms with Crippen molar-refractivity contribution in [3.05, 3.63) is 170 Å². The molecule has 10 aromatic rings. The third-order valence-corrected chi connectivity index (χ3v) is 9.47. The number of hydrogen-bond donors (Lipinski definition) is 0. The summed E-state index contributed by atoms with van der Waals surface area (Å²) in [6, 6.07) is 58.6. The van der Waals surface area contributed by atoms with Gasteiger partial charge in [0.15, 0.2) is 17.5 Å². The van der Waals surface area contributed by atoms with Crippen LogP contribution in [0.2, 0.25) is 0 Å². The van der Waals surface area contributed by atoms with Crippen molar-refractivity contribution in [1.29, 1.82) is 0 Å². The normalized spacial score (nSPS) is 11.6. The first kappa shape index (κ1) is 28.2. The van der Waals surface area contributed by atoms with Crippen LogP contribution in [0.1, 0.15) is 0 Å². The van der Waals surface area contributed by atoms with E-state index in [1.165, 1.54) is 10.8 Å². The number of para-hydroxylation sites is 3. The van der Waals surface area contributed by atoms with Crippen molar-refractivity contribution in [2.24, 2.45) is 0 Å². The van der Waals surface area contributed by atoms with Crippen molar-refractivity contribution in [2.75, 3.05) is 0 Å². The fourth-order valence-corrected chi connectivity index (χ4v) is 7.09. The van der Waals surface area contributed by atoms with Crippen LogP contribution in [-0.2, 0) is 0 Å². The zero-order valence-corrected chi connectivity index (χ0v) is 26.9. The number of aromatic nitrogens is 4. The van der Waals surface area contributed by atoms with E-state index in [0.29, 0.717) is 17.5 Å². The minimum absolute atomic E-state index is 0.632. The van der Waals surface area contributed by atoms with Crippen LogP contribution in [0, 0.1) is 0 Å². The second kappa shape index (κ2) is 11.4. The Hall–Kier alpha value is -6.85. The van der Waals surface area contributed by atoms with Crippen molar-refractivity contribution in [3.63, 3.8) is 0 Å². The lowest BCUT2D eigenvalue weighted by molar-refractivity contribution is 0.670. The Morgan fingerprint density at radius 2 is 0.920 bits per heavy atom. The van der Waals surface area contributed by atoms with E-state index in [9.17, 15) is 0 Å². The van der Waals surface area contributed by atoms with Crippen molar-refractivity contribution in [3.8, 4) is 51.0 Å². The van der Waals surface area contributed by atoms with Gasteiger partial charge in [-0.1, -0.05) is 127 Å². The number of hydrogen-bond acceptors (Lipinski definition) is 4. The molecule has 5 heteroatoms. The Kier molecular flexibility index (Phi) is 6.42. The van der Waals surface area contributed by atoms with Gasteiger partial charge in [0.05, 0.1) is 11.0 Å². The molecule has 3 heterocycles. The maximum atomic E-state index is 6.43. The lowest BCUT2D eigenvalue weighted by atomic mass is 10.0. The molecule has 0 spiro atoms. The van der Waals surface area contributed by atoms with E-state index < -0.39 is 0 Å². The Bertz CT molecular complexity index is 2800. The monoisotopic (exact) mass is 640 g/mol. The van der Waals surface area contributed by atoms with Gasteiger partial charge < -0.3 is 8.98 Å². The minimum atomic E-state index is 0.632. The first-order valence-corrected chi connectivity index (χ1v) is 16.7. The van der Waals surface area contributed by atoms with Gasteiger partial charge in [-0.25, -0.2) is 15.0 Å². The largest absolute Gasteiger partial charge is 0.455 e. The lowest BCUT2D eigenvalue weighted by Crippen LogP contribution is -2.00. The maximum Gasteiger partial charge on any atom is 0.164 e. The van der Waals surface area contributed by atoms with E-state index in [-0.39, 0.29) is 0 Å². The van der Waals surface area contributed by atoms with Crippen LogP contribution < -0.4 is 0 Å². The molecular weight excluding hydrogens is 613 g/mol. The molecule has 5 nitrogen and oxygen atoms in total. The molecule has 50 heavy (non-hydrogen) atoms. The van der Waals surface area contributed by atoms with Crippen LogP contribution in [-0.4, -0.2) is 19.5 Å². The van der Waals surface area contributed by atoms with E-state index in [1.807, 2.05) is 72.8 Å². The molecule has 0 aliphatic carbocycles. The highest BCUT2D eigenvalue weighted by molar-refractivity contribution is 6.12. The standard InChI is InChI=1S/C45H28N4O/c1-3-12-29(13-4-1)43-46-44(30-14-5-2-6-15-30)48-45(47-43)31-22-25-33(26-23-31)49-39-20-9-7-16-35(39)36-27-24-32(28-40(36)49)34-18-11-19-38-37-17-8-10-21-41(37)50-42(34)38/h1-28H. The molecule has 0 saturated heterocycles. The topological polar surface area (TPSA) is 56.7 Å². The summed E-state index contributed by atoms with van der Waals surface area (Å²) in [4.78, 5) is 14.7. The van der Waals surface area contributed by atoms with Gasteiger partial charge in [0.25, 0.3) is 0 Å². The summed E-state index contributed by atoms with van der Waals surface area (Å²) in [7, 11) is 0. The summed E-state index contributed by atoms with van der Waals surface area (Å²) in [5.41, 5.74) is 10.1. The highest BCUT2D eigenvalue weighted by Crippen LogP contribution is 2.39. The molecule has 0 fully saturated rings. The second-order valence-corrected chi connectivity index (χ2v) is 12.5. The molecular formula is C45H28N4O. The van der Waals surface area contributed by atoms with Crippen LogP contribution in [0.25, 0.3) is 94.7 Å². The van der Waals surface area contributed by atoms with E-state index in [1.54, 1.807) is 0 Å². The van der Waals surface area contributed by atoms with Gasteiger partial charge >= 0.3 is 0 Å². The van der Waals surface area contributed by atoms with Crippen LogP contribution >= 0.6 is 0 Å². The Morgan fingerprint density at radius 1 is 0.380 bits per heavy atom. The van der Waals surface area contributed by atoms with Crippen molar-refractivity contribution >= 4 is 43.7 Å². The molecule has 234 valence electrons. The number of benzene rings is 7. The van der Waals surface area contributed by atoms with Crippen LogP contribution in [0.5, 0.6) is 0 Å². The minimum Gasteiger partial charge on any atom is -0.455 e. The third kappa shape index (κ3) is 4.60. The molecule has 0 unspecified atom stereocenters. The smallest absolute Gasteiger partial charge is 0.164 e.